The molecule has 0 radical (unpaired) electrons. The molecule has 2 rings (SSSR count). The van der Waals surface area contributed by atoms with E-state index in [1.807, 2.05) is 0 Å². The van der Waals surface area contributed by atoms with E-state index < -0.39 is 21.5 Å². The van der Waals surface area contributed by atoms with Crippen LogP contribution in [0.4, 0.5) is 0 Å². The molecule has 0 bridgehead atoms. The fourth-order valence-electron chi connectivity index (χ4n) is 2.05. The number of hydrogen-bond acceptors (Lipinski definition) is 4. The van der Waals surface area contributed by atoms with E-state index in [2.05, 4.69) is 4.72 Å². The first-order valence-corrected chi connectivity index (χ1v) is 8.90. The summed E-state index contributed by atoms with van der Waals surface area (Å²) in [5.41, 5.74) is -1.02. The molecular formula is C12H14ClNO4S2. The lowest BCUT2D eigenvalue weighted by molar-refractivity contribution is -0.142. The first kappa shape index (κ1) is 15.6. The van der Waals surface area contributed by atoms with Crippen molar-refractivity contribution in [3.8, 4) is 0 Å². The van der Waals surface area contributed by atoms with Crippen LogP contribution in [-0.2, 0) is 14.8 Å². The van der Waals surface area contributed by atoms with Crippen LogP contribution in [0.5, 0.6) is 0 Å². The standard InChI is InChI=1S/C12H14ClNO4S2/c1-8-9(13)3-2-4-10(8)20(17,18)14-12(11(15)16)5-6-19-7-12/h2-4,14H,5-7H2,1H3,(H,15,16). The molecule has 1 atom stereocenters. The maximum atomic E-state index is 12.4. The Morgan fingerprint density at radius 1 is 1.50 bits per heavy atom. The van der Waals surface area contributed by atoms with E-state index in [9.17, 15) is 18.3 Å². The number of carboxylic acids is 1. The van der Waals surface area contributed by atoms with E-state index in [-0.39, 0.29) is 17.1 Å². The molecule has 1 heterocycles. The number of rotatable bonds is 4. The van der Waals surface area contributed by atoms with Crippen LogP contribution in [-0.4, -0.2) is 36.5 Å². The molecule has 8 heteroatoms. The van der Waals surface area contributed by atoms with Crippen LogP contribution in [0.3, 0.4) is 0 Å². The molecule has 1 aliphatic rings. The Morgan fingerprint density at radius 2 is 2.20 bits per heavy atom. The quantitative estimate of drug-likeness (QED) is 0.877. The molecule has 1 aromatic carbocycles. The number of carboxylic acid groups (broad SMARTS) is 1. The maximum Gasteiger partial charge on any atom is 0.325 e. The zero-order valence-electron chi connectivity index (χ0n) is 10.7. The molecule has 1 aromatic rings. The lowest BCUT2D eigenvalue weighted by Crippen LogP contribution is -2.54. The van der Waals surface area contributed by atoms with Crippen LogP contribution in [0.15, 0.2) is 23.1 Å². The second-order valence-electron chi connectivity index (χ2n) is 4.66. The Morgan fingerprint density at radius 3 is 2.75 bits per heavy atom. The van der Waals surface area contributed by atoms with Crippen LogP contribution >= 0.6 is 23.4 Å². The van der Waals surface area contributed by atoms with Gasteiger partial charge in [0.2, 0.25) is 10.0 Å². The van der Waals surface area contributed by atoms with Crippen molar-refractivity contribution in [2.75, 3.05) is 11.5 Å². The normalized spacial score (nSPS) is 22.9. The van der Waals surface area contributed by atoms with Crippen LogP contribution in [0.1, 0.15) is 12.0 Å². The summed E-state index contributed by atoms with van der Waals surface area (Å²) < 4.78 is 27.2. The number of aliphatic carboxylic acids is 1. The Balaban J connectivity index is 2.41. The van der Waals surface area contributed by atoms with Crippen molar-refractivity contribution in [2.45, 2.75) is 23.8 Å². The average molecular weight is 336 g/mol. The van der Waals surface area contributed by atoms with Gasteiger partial charge in [0.05, 0.1) is 4.90 Å². The Labute approximate surface area is 126 Å². The van der Waals surface area contributed by atoms with Gasteiger partial charge in [-0.3, -0.25) is 4.79 Å². The number of benzene rings is 1. The summed E-state index contributed by atoms with van der Waals surface area (Å²) in [7, 11) is -3.93. The highest BCUT2D eigenvalue weighted by atomic mass is 35.5. The summed E-state index contributed by atoms with van der Waals surface area (Å²) in [6.07, 6.45) is 0.270. The zero-order chi connectivity index (χ0) is 15.0. The highest BCUT2D eigenvalue weighted by molar-refractivity contribution is 7.99. The summed E-state index contributed by atoms with van der Waals surface area (Å²) in [5.74, 6) is -0.310. The van der Waals surface area contributed by atoms with Crippen molar-refractivity contribution < 1.29 is 18.3 Å². The molecule has 2 N–H and O–H groups in total. The van der Waals surface area contributed by atoms with Gasteiger partial charge >= 0.3 is 5.97 Å². The van der Waals surface area contributed by atoms with Gasteiger partial charge < -0.3 is 5.11 Å². The molecular weight excluding hydrogens is 322 g/mol. The Kier molecular flexibility index (Phi) is 4.34. The van der Waals surface area contributed by atoms with E-state index in [4.69, 9.17) is 11.6 Å². The number of carbonyl (C=O) groups is 1. The summed E-state index contributed by atoms with van der Waals surface area (Å²) in [6, 6.07) is 4.54. The van der Waals surface area contributed by atoms with Gasteiger partial charge in [0.25, 0.3) is 0 Å². The van der Waals surface area contributed by atoms with E-state index in [1.54, 1.807) is 13.0 Å². The Bertz CT molecular complexity index is 639. The minimum Gasteiger partial charge on any atom is -0.480 e. The monoisotopic (exact) mass is 335 g/mol. The second kappa shape index (κ2) is 5.55. The minimum absolute atomic E-state index is 0.0162. The lowest BCUT2D eigenvalue weighted by atomic mass is 10.0. The van der Waals surface area contributed by atoms with Crippen LogP contribution < -0.4 is 4.72 Å². The van der Waals surface area contributed by atoms with Crippen molar-refractivity contribution in [2.24, 2.45) is 0 Å². The molecule has 0 saturated carbocycles. The summed E-state index contributed by atoms with van der Waals surface area (Å²) >= 11 is 7.34. The fourth-order valence-corrected chi connectivity index (χ4v) is 5.35. The smallest absolute Gasteiger partial charge is 0.325 e. The maximum absolute atomic E-state index is 12.4. The summed E-state index contributed by atoms with van der Waals surface area (Å²) in [6.45, 7) is 1.59. The minimum atomic E-state index is -3.93. The van der Waals surface area contributed by atoms with Crippen LogP contribution in [0.2, 0.25) is 5.02 Å². The van der Waals surface area contributed by atoms with Gasteiger partial charge in [0.15, 0.2) is 0 Å². The van der Waals surface area contributed by atoms with Crippen LogP contribution in [0, 0.1) is 6.92 Å². The molecule has 0 amide bonds. The van der Waals surface area contributed by atoms with Gasteiger partial charge in [-0.25, -0.2) is 8.42 Å². The molecule has 1 unspecified atom stereocenters. The molecule has 1 saturated heterocycles. The topological polar surface area (TPSA) is 83.5 Å². The summed E-state index contributed by atoms with van der Waals surface area (Å²) in [5, 5.41) is 9.66. The predicted molar refractivity (Wildman–Crippen MR) is 78.8 cm³/mol. The SMILES string of the molecule is Cc1c(Cl)cccc1S(=O)(=O)NC1(C(=O)O)CCSC1. The molecule has 1 fully saturated rings. The van der Waals surface area contributed by atoms with Crippen molar-refractivity contribution in [3.05, 3.63) is 28.8 Å². The van der Waals surface area contributed by atoms with Crippen LogP contribution in [0.25, 0.3) is 0 Å². The molecule has 0 spiro atoms. The van der Waals surface area contributed by atoms with Crippen molar-refractivity contribution in [1.29, 1.82) is 0 Å². The Hall–Kier alpha value is -0.760. The van der Waals surface area contributed by atoms with Gasteiger partial charge in [-0.05, 0) is 36.8 Å². The number of halogens is 1. The first-order chi connectivity index (χ1) is 9.28. The fraction of sp³-hybridized carbons (Fsp3) is 0.417. The zero-order valence-corrected chi connectivity index (χ0v) is 13.1. The van der Waals surface area contributed by atoms with Crippen molar-refractivity contribution in [3.63, 3.8) is 0 Å². The third-order valence-electron chi connectivity index (χ3n) is 3.27. The number of thioether (sulfide) groups is 1. The van der Waals surface area contributed by atoms with Gasteiger partial charge in [0, 0.05) is 10.8 Å². The number of sulfonamides is 1. The average Bonchev–Trinajstić information content (AvgIpc) is 2.81. The molecule has 110 valence electrons. The highest BCUT2D eigenvalue weighted by Gasteiger charge is 2.45. The van der Waals surface area contributed by atoms with E-state index >= 15 is 0 Å². The number of hydrogen-bond donors (Lipinski definition) is 2. The third kappa shape index (κ3) is 2.81. The van der Waals surface area contributed by atoms with Gasteiger partial charge in [-0.2, -0.15) is 16.5 Å². The first-order valence-electron chi connectivity index (χ1n) is 5.89. The van der Waals surface area contributed by atoms with Gasteiger partial charge in [-0.1, -0.05) is 17.7 Å². The lowest BCUT2D eigenvalue weighted by Gasteiger charge is -2.24. The molecule has 1 aliphatic heterocycles. The van der Waals surface area contributed by atoms with Gasteiger partial charge in [0.1, 0.15) is 5.54 Å². The van der Waals surface area contributed by atoms with E-state index in [0.717, 1.165) is 0 Å². The predicted octanol–water partition coefficient (Wildman–Crippen LogP) is 1.89. The van der Waals surface area contributed by atoms with Gasteiger partial charge in [-0.15, -0.1) is 0 Å². The molecule has 0 aliphatic carbocycles. The van der Waals surface area contributed by atoms with E-state index in [0.29, 0.717) is 16.3 Å². The summed E-state index contributed by atoms with van der Waals surface area (Å²) in [4.78, 5) is 11.4. The number of nitrogens with one attached hydrogen (secondary N) is 1. The molecule has 5 nitrogen and oxygen atoms in total. The molecule has 0 aromatic heterocycles. The van der Waals surface area contributed by atoms with Crippen molar-refractivity contribution in [1.82, 2.24) is 4.72 Å². The highest BCUT2D eigenvalue weighted by Crippen LogP contribution is 2.31. The molecule has 20 heavy (non-hydrogen) atoms. The second-order valence-corrected chi connectivity index (χ2v) is 7.82. The third-order valence-corrected chi connectivity index (χ3v) is 6.55. The van der Waals surface area contributed by atoms with E-state index in [1.165, 1.54) is 23.9 Å². The van der Waals surface area contributed by atoms with Crippen molar-refractivity contribution >= 4 is 39.4 Å². The largest absolute Gasteiger partial charge is 0.480 e.